The topological polar surface area (TPSA) is 41.6 Å². The first-order valence-corrected chi connectivity index (χ1v) is 5.41. The molecule has 1 aliphatic heterocycles. The van der Waals surface area contributed by atoms with Crippen LogP contribution >= 0.6 is 0 Å². The van der Waals surface area contributed by atoms with Gasteiger partial charge < -0.3 is 10.1 Å². The van der Waals surface area contributed by atoms with E-state index in [0.29, 0.717) is 6.61 Å². The summed E-state index contributed by atoms with van der Waals surface area (Å²) in [4.78, 5) is 13.8. The number of rotatable bonds is 4. The quantitative estimate of drug-likeness (QED) is 0.660. The lowest BCUT2D eigenvalue weighted by Crippen LogP contribution is -2.51. The van der Waals surface area contributed by atoms with E-state index in [0.717, 1.165) is 32.6 Å². The van der Waals surface area contributed by atoms with Gasteiger partial charge in [-0.05, 0) is 13.3 Å². The molecule has 1 atom stereocenters. The van der Waals surface area contributed by atoms with Gasteiger partial charge in [0.2, 0.25) is 0 Å². The van der Waals surface area contributed by atoms with Crippen molar-refractivity contribution < 1.29 is 9.53 Å². The zero-order valence-electron chi connectivity index (χ0n) is 9.08. The Balaban J connectivity index is 2.46. The Labute approximate surface area is 85.6 Å². The Kier molecular flexibility index (Phi) is 4.90. The van der Waals surface area contributed by atoms with Crippen LogP contribution in [0.15, 0.2) is 0 Å². The summed E-state index contributed by atoms with van der Waals surface area (Å²) in [5.41, 5.74) is 0. The highest BCUT2D eigenvalue weighted by Crippen LogP contribution is 2.07. The van der Waals surface area contributed by atoms with E-state index in [9.17, 15) is 4.79 Å². The van der Waals surface area contributed by atoms with Gasteiger partial charge in [0.05, 0.1) is 6.61 Å². The molecule has 0 spiro atoms. The van der Waals surface area contributed by atoms with Crippen LogP contribution in [0.2, 0.25) is 0 Å². The maximum absolute atomic E-state index is 11.6. The van der Waals surface area contributed by atoms with Crippen LogP contribution in [0, 0.1) is 0 Å². The zero-order valence-corrected chi connectivity index (χ0v) is 9.08. The van der Waals surface area contributed by atoms with Crippen molar-refractivity contribution in [2.24, 2.45) is 0 Å². The lowest BCUT2D eigenvalue weighted by Gasteiger charge is -2.32. The van der Waals surface area contributed by atoms with Crippen LogP contribution < -0.4 is 5.32 Å². The van der Waals surface area contributed by atoms with Crippen molar-refractivity contribution in [2.75, 3.05) is 32.8 Å². The number of piperazine rings is 1. The van der Waals surface area contributed by atoms with Crippen molar-refractivity contribution in [2.45, 2.75) is 26.3 Å². The molecule has 1 rings (SSSR count). The number of carbonyl (C=O) groups is 1. The number of carbonyl (C=O) groups excluding carboxylic acids is 1. The smallest absolute Gasteiger partial charge is 0.323 e. The van der Waals surface area contributed by atoms with E-state index in [2.05, 4.69) is 10.2 Å². The Morgan fingerprint density at radius 2 is 2.07 bits per heavy atom. The molecule has 4 heteroatoms. The van der Waals surface area contributed by atoms with Crippen LogP contribution in [0.4, 0.5) is 0 Å². The molecular formula is C10H20N2O2. The largest absolute Gasteiger partial charge is 0.465 e. The molecule has 0 bridgehead atoms. The number of ether oxygens (including phenoxy) is 1. The fraction of sp³-hybridized carbons (Fsp3) is 0.900. The van der Waals surface area contributed by atoms with Crippen LogP contribution in [0.3, 0.4) is 0 Å². The summed E-state index contributed by atoms with van der Waals surface area (Å²) < 4.78 is 5.05. The Morgan fingerprint density at radius 1 is 1.43 bits per heavy atom. The highest BCUT2D eigenvalue weighted by Gasteiger charge is 2.26. The molecule has 1 N–H and O–H groups in total. The number of nitrogens with zero attached hydrogens (tertiary/aromatic N) is 1. The van der Waals surface area contributed by atoms with Gasteiger partial charge in [0.15, 0.2) is 0 Å². The second kappa shape index (κ2) is 5.98. The molecule has 0 amide bonds. The average Bonchev–Trinajstić information content (AvgIpc) is 2.21. The maximum atomic E-state index is 11.6. The van der Waals surface area contributed by atoms with Gasteiger partial charge in [-0.1, -0.05) is 6.92 Å². The Bertz CT molecular complexity index is 179. The van der Waals surface area contributed by atoms with E-state index in [1.807, 2.05) is 13.8 Å². The van der Waals surface area contributed by atoms with E-state index >= 15 is 0 Å². The SMILES string of the molecule is CCOC(=O)C(CC)N1CCNCC1. The van der Waals surface area contributed by atoms with Gasteiger partial charge in [0.25, 0.3) is 0 Å². The van der Waals surface area contributed by atoms with Gasteiger partial charge in [-0.2, -0.15) is 0 Å². The molecule has 0 saturated carbocycles. The molecular weight excluding hydrogens is 180 g/mol. The Morgan fingerprint density at radius 3 is 2.57 bits per heavy atom. The van der Waals surface area contributed by atoms with Crippen molar-refractivity contribution in [3.8, 4) is 0 Å². The third-order valence-electron chi connectivity index (χ3n) is 2.54. The van der Waals surface area contributed by atoms with Gasteiger partial charge in [-0.15, -0.1) is 0 Å². The van der Waals surface area contributed by atoms with Crippen molar-refractivity contribution in [1.29, 1.82) is 0 Å². The molecule has 1 heterocycles. The fourth-order valence-corrected chi connectivity index (χ4v) is 1.81. The highest BCUT2D eigenvalue weighted by molar-refractivity contribution is 5.75. The van der Waals surface area contributed by atoms with Crippen molar-refractivity contribution >= 4 is 5.97 Å². The molecule has 0 aromatic heterocycles. The van der Waals surface area contributed by atoms with E-state index < -0.39 is 0 Å². The molecule has 14 heavy (non-hydrogen) atoms. The van der Waals surface area contributed by atoms with Gasteiger partial charge in [-0.3, -0.25) is 9.69 Å². The third kappa shape index (κ3) is 2.96. The van der Waals surface area contributed by atoms with Crippen LogP contribution in [0.1, 0.15) is 20.3 Å². The second-order valence-corrected chi connectivity index (χ2v) is 3.46. The lowest BCUT2D eigenvalue weighted by atomic mass is 10.1. The van der Waals surface area contributed by atoms with Crippen LogP contribution in [-0.2, 0) is 9.53 Å². The monoisotopic (exact) mass is 200 g/mol. The normalized spacial score (nSPS) is 20.4. The summed E-state index contributed by atoms with van der Waals surface area (Å²) in [5, 5.41) is 3.27. The van der Waals surface area contributed by atoms with Gasteiger partial charge in [-0.25, -0.2) is 0 Å². The van der Waals surface area contributed by atoms with Crippen LogP contribution in [0.25, 0.3) is 0 Å². The predicted molar refractivity (Wildman–Crippen MR) is 55.2 cm³/mol. The van der Waals surface area contributed by atoms with E-state index in [-0.39, 0.29) is 12.0 Å². The first-order chi connectivity index (χ1) is 6.79. The predicted octanol–water partition coefficient (Wildman–Crippen LogP) is 0.233. The molecule has 0 aromatic carbocycles. The van der Waals surface area contributed by atoms with E-state index in [1.165, 1.54) is 0 Å². The zero-order chi connectivity index (χ0) is 10.4. The minimum Gasteiger partial charge on any atom is -0.465 e. The van der Waals surface area contributed by atoms with E-state index in [4.69, 9.17) is 4.74 Å². The maximum Gasteiger partial charge on any atom is 0.323 e. The number of esters is 1. The molecule has 82 valence electrons. The van der Waals surface area contributed by atoms with Crippen molar-refractivity contribution in [1.82, 2.24) is 10.2 Å². The number of nitrogens with one attached hydrogen (secondary N) is 1. The van der Waals surface area contributed by atoms with Gasteiger partial charge in [0.1, 0.15) is 6.04 Å². The minimum absolute atomic E-state index is 0.0444. The van der Waals surface area contributed by atoms with Gasteiger partial charge in [0, 0.05) is 26.2 Å². The number of hydrogen-bond acceptors (Lipinski definition) is 4. The minimum atomic E-state index is -0.0723. The first kappa shape index (κ1) is 11.5. The summed E-state index contributed by atoms with van der Waals surface area (Å²) in [6.07, 6.45) is 0.832. The van der Waals surface area contributed by atoms with Gasteiger partial charge >= 0.3 is 5.97 Å². The molecule has 4 nitrogen and oxygen atoms in total. The summed E-state index contributed by atoms with van der Waals surface area (Å²) in [6, 6.07) is -0.0444. The summed E-state index contributed by atoms with van der Waals surface area (Å²) in [6.45, 7) is 8.17. The van der Waals surface area contributed by atoms with E-state index in [1.54, 1.807) is 0 Å². The second-order valence-electron chi connectivity index (χ2n) is 3.46. The summed E-state index contributed by atoms with van der Waals surface area (Å²) in [5.74, 6) is -0.0723. The van der Waals surface area contributed by atoms with Crippen molar-refractivity contribution in [3.05, 3.63) is 0 Å². The standard InChI is InChI=1S/C10H20N2O2/c1-3-9(10(13)14-4-2)12-7-5-11-6-8-12/h9,11H,3-8H2,1-2H3. The molecule has 1 aliphatic rings. The third-order valence-corrected chi connectivity index (χ3v) is 2.54. The highest BCUT2D eigenvalue weighted by atomic mass is 16.5. The molecule has 0 aliphatic carbocycles. The lowest BCUT2D eigenvalue weighted by molar-refractivity contribution is -0.150. The fourth-order valence-electron chi connectivity index (χ4n) is 1.81. The average molecular weight is 200 g/mol. The first-order valence-electron chi connectivity index (χ1n) is 5.41. The molecule has 1 saturated heterocycles. The molecule has 1 unspecified atom stereocenters. The van der Waals surface area contributed by atoms with Crippen LogP contribution in [0.5, 0.6) is 0 Å². The molecule has 0 aromatic rings. The summed E-state index contributed by atoms with van der Waals surface area (Å²) >= 11 is 0. The van der Waals surface area contributed by atoms with Crippen molar-refractivity contribution in [3.63, 3.8) is 0 Å². The Hall–Kier alpha value is -0.610. The summed E-state index contributed by atoms with van der Waals surface area (Å²) in [7, 11) is 0. The molecule has 1 fully saturated rings. The number of hydrogen-bond donors (Lipinski definition) is 1. The van der Waals surface area contributed by atoms with Crippen LogP contribution in [-0.4, -0.2) is 49.7 Å². The molecule has 0 radical (unpaired) electrons.